The second-order valence-electron chi connectivity index (χ2n) is 7.29. The average molecular weight is 437 g/mol. The van der Waals surface area contributed by atoms with Crippen LogP contribution in [-0.4, -0.2) is 18.7 Å². The summed E-state index contributed by atoms with van der Waals surface area (Å²) in [6, 6.07) is 35.0. The quantitative estimate of drug-likeness (QED) is 0.280. The summed E-state index contributed by atoms with van der Waals surface area (Å²) in [5, 5.41) is 4.01. The van der Waals surface area contributed by atoms with Crippen molar-refractivity contribution in [3.8, 4) is 22.6 Å². The lowest BCUT2D eigenvalue weighted by molar-refractivity contribution is -0.123. The summed E-state index contributed by atoms with van der Waals surface area (Å²) in [6.45, 7) is 0.380. The molecule has 5 nitrogen and oxygen atoms in total. The Hall–Kier alpha value is -4.38. The van der Waals surface area contributed by atoms with Crippen molar-refractivity contribution >= 4 is 12.1 Å². The van der Waals surface area contributed by atoms with Crippen molar-refractivity contribution < 1.29 is 14.3 Å². The van der Waals surface area contributed by atoms with Crippen LogP contribution >= 0.6 is 0 Å². The molecule has 0 spiro atoms. The Bertz CT molecular complexity index is 1190. The van der Waals surface area contributed by atoms with Crippen LogP contribution in [0.5, 0.6) is 11.5 Å². The third-order valence-corrected chi connectivity index (χ3v) is 4.86. The molecule has 0 aliphatic carbocycles. The molecule has 0 heterocycles. The van der Waals surface area contributed by atoms with E-state index >= 15 is 0 Å². The summed E-state index contributed by atoms with van der Waals surface area (Å²) in [4.78, 5) is 12.2. The molecule has 33 heavy (non-hydrogen) atoms. The zero-order valence-corrected chi connectivity index (χ0v) is 18.1. The van der Waals surface area contributed by atoms with Crippen molar-refractivity contribution in [1.82, 2.24) is 5.43 Å². The maximum absolute atomic E-state index is 12.2. The van der Waals surface area contributed by atoms with Gasteiger partial charge < -0.3 is 9.47 Å². The molecule has 0 unspecified atom stereocenters. The van der Waals surface area contributed by atoms with Gasteiger partial charge in [-0.3, -0.25) is 4.79 Å². The van der Waals surface area contributed by atoms with E-state index < -0.39 is 0 Å². The van der Waals surface area contributed by atoms with E-state index in [1.54, 1.807) is 6.21 Å². The highest BCUT2D eigenvalue weighted by atomic mass is 16.5. The molecule has 164 valence electrons. The molecule has 0 aliphatic rings. The van der Waals surface area contributed by atoms with Gasteiger partial charge in [-0.15, -0.1) is 0 Å². The smallest absolute Gasteiger partial charge is 0.277 e. The van der Waals surface area contributed by atoms with Gasteiger partial charge in [-0.05, 0) is 47.0 Å². The lowest BCUT2D eigenvalue weighted by atomic mass is 10.1. The molecule has 4 aromatic rings. The highest BCUT2D eigenvalue weighted by Crippen LogP contribution is 2.29. The Balaban J connectivity index is 1.25. The summed E-state index contributed by atoms with van der Waals surface area (Å²) in [6.07, 6.45) is 1.58. The minimum absolute atomic E-state index is 0.131. The first kappa shape index (κ1) is 21.8. The number of benzene rings is 4. The third kappa shape index (κ3) is 6.55. The van der Waals surface area contributed by atoms with Gasteiger partial charge >= 0.3 is 0 Å². The highest BCUT2D eigenvalue weighted by molar-refractivity contribution is 5.83. The monoisotopic (exact) mass is 436 g/mol. The van der Waals surface area contributed by atoms with Crippen LogP contribution < -0.4 is 14.9 Å². The zero-order valence-electron chi connectivity index (χ0n) is 18.1. The van der Waals surface area contributed by atoms with Crippen molar-refractivity contribution in [2.45, 2.75) is 6.61 Å². The molecule has 0 saturated heterocycles. The number of nitrogens with one attached hydrogen (secondary N) is 1. The molecule has 0 radical (unpaired) electrons. The fourth-order valence-corrected chi connectivity index (χ4v) is 3.19. The van der Waals surface area contributed by atoms with Crippen molar-refractivity contribution in [3.63, 3.8) is 0 Å². The summed E-state index contributed by atoms with van der Waals surface area (Å²) in [7, 11) is 0. The molecular weight excluding hydrogens is 412 g/mol. The molecule has 1 amide bonds. The van der Waals surface area contributed by atoms with E-state index in [1.165, 1.54) is 0 Å². The van der Waals surface area contributed by atoms with Crippen LogP contribution in [0.1, 0.15) is 11.1 Å². The van der Waals surface area contributed by atoms with Gasteiger partial charge in [-0.1, -0.05) is 78.9 Å². The van der Waals surface area contributed by atoms with Crippen LogP contribution in [0.4, 0.5) is 0 Å². The number of ether oxygens (including phenoxy) is 2. The first-order valence-corrected chi connectivity index (χ1v) is 10.6. The van der Waals surface area contributed by atoms with Crippen LogP contribution in [0, 0.1) is 0 Å². The number of nitrogens with zero attached hydrogens (tertiary/aromatic N) is 1. The largest absolute Gasteiger partial charge is 0.489 e. The van der Waals surface area contributed by atoms with Gasteiger partial charge in [0.1, 0.15) is 18.1 Å². The van der Waals surface area contributed by atoms with Crippen LogP contribution in [0.2, 0.25) is 0 Å². The lowest BCUT2D eigenvalue weighted by Gasteiger charge is -2.10. The van der Waals surface area contributed by atoms with Gasteiger partial charge in [0.15, 0.2) is 6.61 Å². The van der Waals surface area contributed by atoms with Crippen LogP contribution in [0.25, 0.3) is 11.1 Å². The maximum atomic E-state index is 12.2. The van der Waals surface area contributed by atoms with Crippen molar-refractivity contribution in [2.24, 2.45) is 5.10 Å². The number of amides is 1. The molecule has 0 aromatic heterocycles. The maximum Gasteiger partial charge on any atom is 0.277 e. The molecule has 0 bridgehead atoms. The number of hydrogen-bond acceptors (Lipinski definition) is 4. The molecule has 0 aliphatic heterocycles. The van der Waals surface area contributed by atoms with E-state index in [2.05, 4.69) is 10.5 Å². The number of hydrogen-bond donors (Lipinski definition) is 1. The van der Waals surface area contributed by atoms with Gasteiger partial charge in [0, 0.05) is 5.56 Å². The van der Waals surface area contributed by atoms with Gasteiger partial charge in [0.05, 0.1) is 6.21 Å². The van der Waals surface area contributed by atoms with Crippen molar-refractivity contribution in [1.29, 1.82) is 0 Å². The van der Waals surface area contributed by atoms with E-state index in [4.69, 9.17) is 9.47 Å². The van der Waals surface area contributed by atoms with Gasteiger partial charge in [0.25, 0.3) is 5.91 Å². The Morgan fingerprint density at radius 2 is 1.42 bits per heavy atom. The second kappa shape index (κ2) is 11.3. The molecule has 5 heteroatoms. The summed E-state index contributed by atoms with van der Waals surface area (Å²) in [5.41, 5.74) is 6.42. The Kier molecular flexibility index (Phi) is 7.48. The summed E-state index contributed by atoms with van der Waals surface area (Å²) >= 11 is 0. The van der Waals surface area contributed by atoms with Crippen molar-refractivity contribution in [3.05, 3.63) is 120 Å². The second-order valence-corrected chi connectivity index (χ2v) is 7.29. The fourth-order valence-electron chi connectivity index (χ4n) is 3.19. The predicted molar refractivity (Wildman–Crippen MR) is 130 cm³/mol. The third-order valence-electron chi connectivity index (χ3n) is 4.86. The molecular formula is C28H24N2O3. The van der Waals surface area contributed by atoms with E-state index in [1.807, 2.05) is 109 Å². The molecule has 0 saturated carbocycles. The van der Waals surface area contributed by atoms with Crippen LogP contribution in [0.15, 0.2) is 114 Å². The van der Waals surface area contributed by atoms with E-state index in [-0.39, 0.29) is 12.5 Å². The molecule has 4 aromatic carbocycles. The van der Waals surface area contributed by atoms with E-state index in [0.717, 1.165) is 28.0 Å². The van der Waals surface area contributed by atoms with Gasteiger partial charge in [-0.2, -0.15) is 5.10 Å². The number of carbonyl (C=O) groups excluding carboxylic acids is 1. The first-order valence-electron chi connectivity index (χ1n) is 10.6. The molecule has 0 atom stereocenters. The normalized spacial score (nSPS) is 10.7. The van der Waals surface area contributed by atoms with E-state index in [0.29, 0.717) is 12.4 Å². The van der Waals surface area contributed by atoms with E-state index in [9.17, 15) is 4.79 Å². The topological polar surface area (TPSA) is 59.9 Å². The summed E-state index contributed by atoms with van der Waals surface area (Å²) in [5.74, 6) is 1.08. The van der Waals surface area contributed by atoms with Gasteiger partial charge in [0.2, 0.25) is 0 Å². The predicted octanol–water partition coefficient (Wildman–Crippen LogP) is 5.46. The molecule has 1 N–H and O–H groups in total. The van der Waals surface area contributed by atoms with Crippen LogP contribution in [0.3, 0.4) is 0 Å². The SMILES string of the molecule is O=C(COc1ccccc1-c1ccccc1)NN=Cc1ccc(OCc2ccccc2)cc1. The minimum atomic E-state index is -0.336. The Labute approximate surface area is 193 Å². The Morgan fingerprint density at radius 1 is 0.758 bits per heavy atom. The zero-order chi connectivity index (χ0) is 22.7. The number of para-hydroxylation sites is 1. The van der Waals surface area contributed by atoms with Gasteiger partial charge in [-0.25, -0.2) is 5.43 Å². The summed E-state index contributed by atoms with van der Waals surface area (Å²) < 4.78 is 11.5. The lowest BCUT2D eigenvalue weighted by Crippen LogP contribution is -2.24. The number of rotatable bonds is 9. The minimum Gasteiger partial charge on any atom is -0.489 e. The van der Waals surface area contributed by atoms with Crippen molar-refractivity contribution in [2.75, 3.05) is 6.61 Å². The standard InChI is InChI=1S/C28H24N2O3/c31-28(21-33-27-14-8-7-13-26(27)24-11-5-2-6-12-24)30-29-19-22-15-17-25(18-16-22)32-20-23-9-3-1-4-10-23/h1-19H,20-21H2,(H,30,31). The Morgan fingerprint density at radius 3 is 2.18 bits per heavy atom. The molecule has 4 rings (SSSR count). The number of carbonyl (C=O) groups is 1. The first-order chi connectivity index (χ1) is 16.3. The average Bonchev–Trinajstić information content (AvgIpc) is 2.88. The fraction of sp³-hybridized carbons (Fsp3) is 0.0714. The highest BCUT2D eigenvalue weighted by Gasteiger charge is 2.07. The van der Waals surface area contributed by atoms with Crippen LogP contribution in [-0.2, 0) is 11.4 Å². The number of hydrazone groups is 1. The molecule has 0 fully saturated rings.